The van der Waals surface area contributed by atoms with Crippen LogP contribution in [0.3, 0.4) is 0 Å². The molecule has 0 aliphatic heterocycles. The van der Waals surface area contributed by atoms with E-state index in [1.807, 2.05) is 18.2 Å². The van der Waals surface area contributed by atoms with Gasteiger partial charge in [-0.05, 0) is 23.8 Å². The summed E-state index contributed by atoms with van der Waals surface area (Å²) in [5.74, 6) is -0.918. The minimum atomic E-state index is -0.918. The van der Waals surface area contributed by atoms with Crippen molar-refractivity contribution in [2.24, 2.45) is 0 Å². The van der Waals surface area contributed by atoms with Gasteiger partial charge in [0.05, 0.1) is 5.56 Å². The highest BCUT2D eigenvalue weighted by Crippen LogP contribution is 2.16. The Balaban J connectivity index is 2.27. The Morgan fingerprint density at radius 1 is 1.38 bits per heavy atom. The second-order valence-electron chi connectivity index (χ2n) is 3.48. The summed E-state index contributed by atoms with van der Waals surface area (Å²) < 4.78 is 0. The van der Waals surface area contributed by atoms with E-state index in [4.69, 9.17) is 16.7 Å². The van der Waals surface area contributed by atoms with Gasteiger partial charge < -0.3 is 10.1 Å². The number of carbonyl (C=O) groups is 1. The molecule has 0 spiro atoms. The minimum Gasteiger partial charge on any atom is -0.478 e. The monoisotopic (exact) mass is 235 g/mol. The second-order valence-corrected chi connectivity index (χ2v) is 3.92. The van der Waals surface area contributed by atoms with Crippen molar-refractivity contribution >= 4 is 17.6 Å². The number of carboxylic acid groups (broad SMARTS) is 1. The van der Waals surface area contributed by atoms with Crippen LogP contribution in [0, 0.1) is 0 Å². The fraction of sp³-hybridized carbons (Fsp3) is 0.0833. The molecule has 2 rings (SSSR count). The Bertz CT molecular complexity index is 519. The number of aromatic amines is 1. The topological polar surface area (TPSA) is 53.1 Å². The zero-order valence-corrected chi connectivity index (χ0v) is 9.16. The SMILES string of the molecule is O=C(O)c1cc[nH]c1Cc1cccc(Cl)c1. The lowest BCUT2D eigenvalue weighted by molar-refractivity contribution is 0.0696. The van der Waals surface area contributed by atoms with E-state index in [2.05, 4.69) is 4.98 Å². The molecule has 0 aliphatic carbocycles. The molecule has 0 saturated carbocycles. The van der Waals surface area contributed by atoms with Crippen LogP contribution >= 0.6 is 11.6 Å². The summed E-state index contributed by atoms with van der Waals surface area (Å²) >= 11 is 5.86. The normalized spacial score (nSPS) is 10.3. The fourth-order valence-corrected chi connectivity index (χ4v) is 1.81. The molecular weight excluding hydrogens is 226 g/mol. The Kier molecular flexibility index (Phi) is 2.97. The molecule has 4 heteroatoms. The number of aromatic carboxylic acids is 1. The van der Waals surface area contributed by atoms with Gasteiger partial charge in [-0.25, -0.2) is 4.79 Å². The smallest absolute Gasteiger partial charge is 0.337 e. The van der Waals surface area contributed by atoms with Gasteiger partial charge in [0, 0.05) is 23.3 Å². The van der Waals surface area contributed by atoms with Gasteiger partial charge in [0.1, 0.15) is 0 Å². The van der Waals surface area contributed by atoms with Crippen molar-refractivity contribution in [3.05, 3.63) is 58.4 Å². The summed E-state index contributed by atoms with van der Waals surface area (Å²) in [5, 5.41) is 9.59. The number of halogens is 1. The number of hydrogen-bond donors (Lipinski definition) is 2. The molecule has 0 atom stereocenters. The summed E-state index contributed by atoms with van der Waals surface area (Å²) in [6, 6.07) is 8.94. The van der Waals surface area contributed by atoms with E-state index in [9.17, 15) is 4.79 Å². The fourth-order valence-electron chi connectivity index (χ4n) is 1.60. The number of carboxylic acids is 1. The van der Waals surface area contributed by atoms with Gasteiger partial charge in [0.2, 0.25) is 0 Å². The molecule has 0 fully saturated rings. The lowest BCUT2D eigenvalue weighted by Gasteiger charge is -2.02. The minimum absolute atomic E-state index is 0.306. The van der Waals surface area contributed by atoms with Crippen molar-refractivity contribution in [3.63, 3.8) is 0 Å². The van der Waals surface area contributed by atoms with Gasteiger partial charge >= 0.3 is 5.97 Å². The Morgan fingerprint density at radius 3 is 2.88 bits per heavy atom. The molecule has 0 saturated heterocycles. The average Bonchev–Trinajstić information content (AvgIpc) is 2.66. The molecule has 16 heavy (non-hydrogen) atoms. The van der Waals surface area contributed by atoms with Crippen LogP contribution in [0.4, 0.5) is 0 Å². The van der Waals surface area contributed by atoms with Crippen LogP contribution in [-0.4, -0.2) is 16.1 Å². The van der Waals surface area contributed by atoms with Crippen molar-refractivity contribution in [3.8, 4) is 0 Å². The zero-order chi connectivity index (χ0) is 11.5. The lowest BCUT2D eigenvalue weighted by atomic mass is 10.1. The Labute approximate surface area is 97.7 Å². The van der Waals surface area contributed by atoms with E-state index in [-0.39, 0.29) is 0 Å². The van der Waals surface area contributed by atoms with Crippen molar-refractivity contribution in [1.29, 1.82) is 0 Å². The number of aromatic nitrogens is 1. The molecule has 1 aromatic heterocycles. The van der Waals surface area contributed by atoms with Crippen LogP contribution in [0.25, 0.3) is 0 Å². The van der Waals surface area contributed by atoms with Crippen LogP contribution in [0.5, 0.6) is 0 Å². The first-order valence-corrected chi connectivity index (χ1v) is 5.18. The highest BCUT2D eigenvalue weighted by atomic mass is 35.5. The third kappa shape index (κ3) is 2.25. The predicted octanol–water partition coefficient (Wildman–Crippen LogP) is 2.96. The van der Waals surface area contributed by atoms with Gasteiger partial charge in [-0.2, -0.15) is 0 Å². The van der Waals surface area contributed by atoms with Gasteiger partial charge in [-0.15, -0.1) is 0 Å². The maximum atomic E-state index is 10.9. The first kappa shape index (κ1) is 10.8. The summed E-state index contributed by atoms with van der Waals surface area (Å²) in [4.78, 5) is 13.8. The highest BCUT2D eigenvalue weighted by Gasteiger charge is 2.11. The van der Waals surface area contributed by atoms with E-state index in [1.165, 1.54) is 0 Å². The Morgan fingerprint density at radius 2 is 2.19 bits per heavy atom. The average molecular weight is 236 g/mol. The quantitative estimate of drug-likeness (QED) is 0.859. The molecule has 82 valence electrons. The summed E-state index contributed by atoms with van der Waals surface area (Å²) in [7, 11) is 0. The van der Waals surface area contributed by atoms with Crippen molar-refractivity contribution in [2.75, 3.05) is 0 Å². The molecule has 3 nitrogen and oxygen atoms in total. The zero-order valence-electron chi connectivity index (χ0n) is 8.40. The lowest BCUT2D eigenvalue weighted by Crippen LogP contribution is -2.00. The third-order valence-corrected chi connectivity index (χ3v) is 2.57. The maximum Gasteiger partial charge on any atom is 0.337 e. The largest absolute Gasteiger partial charge is 0.478 e. The number of benzene rings is 1. The first-order chi connectivity index (χ1) is 7.66. The van der Waals surface area contributed by atoms with E-state index >= 15 is 0 Å². The van der Waals surface area contributed by atoms with Crippen molar-refractivity contribution in [1.82, 2.24) is 4.98 Å². The van der Waals surface area contributed by atoms with Crippen LogP contribution in [-0.2, 0) is 6.42 Å². The molecule has 2 N–H and O–H groups in total. The van der Waals surface area contributed by atoms with E-state index in [0.29, 0.717) is 22.7 Å². The van der Waals surface area contributed by atoms with Gasteiger partial charge in [0.15, 0.2) is 0 Å². The highest BCUT2D eigenvalue weighted by molar-refractivity contribution is 6.30. The molecule has 0 radical (unpaired) electrons. The summed E-state index contributed by atoms with van der Waals surface area (Å²) in [6.07, 6.45) is 2.17. The van der Waals surface area contributed by atoms with Crippen molar-refractivity contribution in [2.45, 2.75) is 6.42 Å². The second kappa shape index (κ2) is 4.41. The van der Waals surface area contributed by atoms with Crippen molar-refractivity contribution < 1.29 is 9.90 Å². The maximum absolute atomic E-state index is 10.9. The molecule has 1 aromatic carbocycles. The third-order valence-electron chi connectivity index (χ3n) is 2.33. The van der Waals surface area contributed by atoms with E-state index < -0.39 is 5.97 Å². The number of rotatable bonds is 3. The van der Waals surface area contributed by atoms with Gasteiger partial charge in [0.25, 0.3) is 0 Å². The van der Waals surface area contributed by atoms with Gasteiger partial charge in [-0.3, -0.25) is 0 Å². The number of nitrogens with one attached hydrogen (secondary N) is 1. The molecule has 0 aliphatic rings. The summed E-state index contributed by atoms with van der Waals surface area (Å²) in [5.41, 5.74) is 1.98. The van der Waals surface area contributed by atoms with Crippen LogP contribution in [0.15, 0.2) is 36.5 Å². The molecule has 0 unspecified atom stereocenters. The molecule has 1 heterocycles. The molecule has 0 amide bonds. The van der Waals surface area contributed by atoms with Crippen LogP contribution < -0.4 is 0 Å². The van der Waals surface area contributed by atoms with Gasteiger partial charge in [-0.1, -0.05) is 23.7 Å². The standard InChI is InChI=1S/C12H10ClNO2/c13-9-3-1-2-8(6-9)7-11-10(12(15)16)4-5-14-11/h1-6,14H,7H2,(H,15,16). The first-order valence-electron chi connectivity index (χ1n) is 4.81. The van der Waals surface area contributed by atoms with E-state index in [0.717, 1.165) is 5.56 Å². The summed E-state index contributed by atoms with van der Waals surface area (Å²) in [6.45, 7) is 0. The Hall–Kier alpha value is -1.74. The van der Waals surface area contributed by atoms with Crippen LogP contribution in [0.2, 0.25) is 5.02 Å². The number of H-pyrrole nitrogens is 1. The number of hydrogen-bond acceptors (Lipinski definition) is 1. The predicted molar refractivity (Wildman–Crippen MR) is 62.0 cm³/mol. The van der Waals surface area contributed by atoms with E-state index in [1.54, 1.807) is 18.3 Å². The van der Waals surface area contributed by atoms with Crippen LogP contribution in [0.1, 0.15) is 21.6 Å². The molecule has 0 bridgehead atoms. The molecular formula is C12H10ClNO2. The molecule has 2 aromatic rings.